The molecule has 2 rings (SSSR count). The largest absolute Gasteiger partial charge is 0.444 e. The summed E-state index contributed by atoms with van der Waals surface area (Å²) < 4.78 is 5.27. The molecular formula is C20H25N3O3. The Morgan fingerprint density at radius 2 is 1.54 bits per heavy atom. The molecule has 0 unspecified atom stereocenters. The van der Waals surface area contributed by atoms with Crippen molar-refractivity contribution in [2.75, 3.05) is 5.43 Å². The van der Waals surface area contributed by atoms with Crippen molar-refractivity contribution >= 4 is 17.7 Å². The van der Waals surface area contributed by atoms with Crippen LogP contribution in [-0.4, -0.2) is 23.6 Å². The molecule has 3 N–H and O–H groups in total. The average molecular weight is 355 g/mol. The molecule has 0 aliphatic carbocycles. The number of para-hydroxylation sites is 1. The van der Waals surface area contributed by atoms with Crippen molar-refractivity contribution in [3.8, 4) is 0 Å². The van der Waals surface area contributed by atoms with E-state index in [4.69, 9.17) is 4.74 Å². The lowest BCUT2D eigenvalue weighted by atomic mass is 10.1. The summed E-state index contributed by atoms with van der Waals surface area (Å²) in [6.07, 6.45) is -0.282. The quantitative estimate of drug-likeness (QED) is 0.695. The van der Waals surface area contributed by atoms with Crippen LogP contribution in [0.3, 0.4) is 0 Å². The fraction of sp³-hybridized carbons (Fsp3) is 0.300. The number of benzene rings is 2. The molecule has 1 atom stereocenters. The minimum Gasteiger partial charge on any atom is -0.444 e. The van der Waals surface area contributed by atoms with Crippen molar-refractivity contribution in [3.63, 3.8) is 0 Å². The van der Waals surface area contributed by atoms with Crippen LogP contribution in [-0.2, 0) is 16.0 Å². The van der Waals surface area contributed by atoms with Gasteiger partial charge in [0.25, 0.3) is 5.91 Å². The normalized spacial score (nSPS) is 12.0. The van der Waals surface area contributed by atoms with Gasteiger partial charge in [0.15, 0.2) is 0 Å². The standard InChI is InChI=1S/C20H25N3O3/c1-20(2,3)26-19(25)21-17(14-15-10-6-4-7-11-15)18(24)23-22-16-12-8-5-9-13-16/h4-13,17,22H,14H2,1-3H3,(H,21,25)(H,23,24)/t17-/m0/s1. The molecule has 0 fully saturated rings. The van der Waals surface area contributed by atoms with Crippen LogP contribution in [0.15, 0.2) is 60.7 Å². The van der Waals surface area contributed by atoms with Gasteiger partial charge in [-0.3, -0.25) is 15.6 Å². The molecule has 6 heteroatoms. The highest BCUT2D eigenvalue weighted by Crippen LogP contribution is 2.09. The molecule has 138 valence electrons. The monoisotopic (exact) mass is 355 g/mol. The third-order valence-electron chi connectivity index (χ3n) is 3.39. The van der Waals surface area contributed by atoms with E-state index >= 15 is 0 Å². The molecule has 2 aromatic carbocycles. The summed E-state index contributed by atoms with van der Waals surface area (Å²) in [4.78, 5) is 24.7. The topological polar surface area (TPSA) is 79.5 Å². The first-order chi connectivity index (χ1) is 12.3. The molecule has 0 aromatic heterocycles. The molecular weight excluding hydrogens is 330 g/mol. The van der Waals surface area contributed by atoms with Crippen molar-refractivity contribution < 1.29 is 14.3 Å². The summed E-state index contributed by atoms with van der Waals surface area (Å²) in [6, 6.07) is 18.0. The Morgan fingerprint density at radius 3 is 2.12 bits per heavy atom. The number of nitrogens with one attached hydrogen (secondary N) is 3. The number of amides is 2. The molecule has 0 aliphatic heterocycles. The van der Waals surface area contributed by atoms with Crippen LogP contribution in [0.4, 0.5) is 10.5 Å². The number of hydrogen-bond acceptors (Lipinski definition) is 4. The highest BCUT2D eigenvalue weighted by molar-refractivity contribution is 5.86. The van der Waals surface area contributed by atoms with Crippen LogP contribution in [0, 0.1) is 0 Å². The zero-order valence-corrected chi connectivity index (χ0v) is 15.3. The van der Waals surface area contributed by atoms with Gasteiger partial charge in [0.1, 0.15) is 11.6 Å². The molecule has 0 bridgehead atoms. The summed E-state index contributed by atoms with van der Waals surface area (Å²) >= 11 is 0. The van der Waals surface area contributed by atoms with E-state index in [1.165, 1.54) is 0 Å². The van der Waals surface area contributed by atoms with E-state index in [-0.39, 0.29) is 5.91 Å². The lowest BCUT2D eigenvalue weighted by Crippen LogP contribution is -2.50. The van der Waals surface area contributed by atoms with Gasteiger partial charge in [0.05, 0.1) is 5.69 Å². The minimum absolute atomic E-state index is 0.350. The number of carbonyl (C=O) groups excluding carboxylic acids is 2. The highest BCUT2D eigenvalue weighted by atomic mass is 16.6. The zero-order valence-electron chi connectivity index (χ0n) is 15.3. The maximum Gasteiger partial charge on any atom is 0.408 e. The molecule has 0 radical (unpaired) electrons. The smallest absolute Gasteiger partial charge is 0.408 e. The second-order valence-corrected chi connectivity index (χ2v) is 6.87. The van der Waals surface area contributed by atoms with E-state index in [0.29, 0.717) is 6.42 Å². The van der Waals surface area contributed by atoms with Gasteiger partial charge < -0.3 is 10.1 Å². The van der Waals surface area contributed by atoms with Gasteiger partial charge in [-0.1, -0.05) is 48.5 Å². The molecule has 2 aromatic rings. The van der Waals surface area contributed by atoms with Crippen molar-refractivity contribution in [2.24, 2.45) is 0 Å². The summed E-state index contributed by atoms with van der Waals surface area (Å²) in [6.45, 7) is 5.32. The Morgan fingerprint density at radius 1 is 0.962 bits per heavy atom. The number of hydrazine groups is 1. The van der Waals surface area contributed by atoms with E-state index in [1.807, 2.05) is 60.7 Å². The van der Waals surface area contributed by atoms with Crippen LogP contribution < -0.4 is 16.2 Å². The lowest BCUT2D eigenvalue weighted by molar-refractivity contribution is -0.122. The number of hydrogen-bond donors (Lipinski definition) is 3. The molecule has 0 aliphatic rings. The summed E-state index contributed by atoms with van der Waals surface area (Å²) in [5.74, 6) is -0.358. The van der Waals surface area contributed by atoms with Crippen molar-refractivity contribution in [2.45, 2.75) is 38.8 Å². The third kappa shape index (κ3) is 6.84. The Labute approximate surface area is 153 Å². The van der Waals surface area contributed by atoms with Gasteiger partial charge in [-0.15, -0.1) is 0 Å². The van der Waals surface area contributed by atoms with Crippen LogP contribution in [0.25, 0.3) is 0 Å². The SMILES string of the molecule is CC(C)(C)OC(=O)N[C@@H](Cc1ccccc1)C(=O)NNc1ccccc1. The first kappa shape index (κ1) is 19.3. The van der Waals surface area contributed by atoms with Gasteiger partial charge in [-0.25, -0.2) is 4.79 Å². The summed E-state index contributed by atoms with van der Waals surface area (Å²) in [7, 11) is 0. The molecule has 26 heavy (non-hydrogen) atoms. The fourth-order valence-electron chi connectivity index (χ4n) is 2.25. The Hall–Kier alpha value is -3.02. The fourth-order valence-corrected chi connectivity index (χ4v) is 2.25. The number of carbonyl (C=O) groups is 2. The highest BCUT2D eigenvalue weighted by Gasteiger charge is 2.24. The van der Waals surface area contributed by atoms with Gasteiger partial charge in [0, 0.05) is 6.42 Å². The van der Waals surface area contributed by atoms with E-state index in [2.05, 4.69) is 16.2 Å². The zero-order chi connectivity index (χ0) is 19.0. The van der Waals surface area contributed by atoms with Crippen LogP contribution in [0.5, 0.6) is 0 Å². The molecule has 0 saturated heterocycles. The first-order valence-corrected chi connectivity index (χ1v) is 8.48. The number of rotatable bonds is 6. The van der Waals surface area contributed by atoms with Crippen LogP contribution in [0.1, 0.15) is 26.3 Å². The van der Waals surface area contributed by atoms with E-state index in [1.54, 1.807) is 20.8 Å². The molecule has 0 saturated carbocycles. The van der Waals surface area contributed by atoms with E-state index < -0.39 is 17.7 Å². The van der Waals surface area contributed by atoms with Crippen LogP contribution >= 0.6 is 0 Å². The van der Waals surface area contributed by atoms with Crippen LogP contribution in [0.2, 0.25) is 0 Å². The van der Waals surface area contributed by atoms with Crippen molar-refractivity contribution in [1.82, 2.24) is 10.7 Å². The van der Waals surface area contributed by atoms with Gasteiger partial charge in [-0.05, 0) is 38.5 Å². The van der Waals surface area contributed by atoms with Gasteiger partial charge in [0.2, 0.25) is 0 Å². The van der Waals surface area contributed by atoms with Crippen molar-refractivity contribution in [3.05, 3.63) is 66.2 Å². The van der Waals surface area contributed by atoms with Crippen molar-refractivity contribution in [1.29, 1.82) is 0 Å². The Bertz CT molecular complexity index is 712. The predicted octanol–water partition coefficient (Wildman–Crippen LogP) is 3.27. The van der Waals surface area contributed by atoms with E-state index in [9.17, 15) is 9.59 Å². The second kappa shape index (κ2) is 8.89. The maximum absolute atomic E-state index is 12.6. The molecule has 0 spiro atoms. The number of ether oxygens (including phenoxy) is 1. The van der Waals surface area contributed by atoms with Gasteiger partial charge >= 0.3 is 6.09 Å². The Kier molecular flexibility index (Phi) is 6.60. The maximum atomic E-state index is 12.6. The molecule has 2 amide bonds. The molecule has 0 heterocycles. The number of alkyl carbamates (subject to hydrolysis) is 1. The summed E-state index contributed by atoms with van der Waals surface area (Å²) in [5.41, 5.74) is 6.51. The third-order valence-corrected chi connectivity index (χ3v) is 3.39. The minimum atomic E-state index is -0.775. The van der Waals surface area contributed by atoms with E-state index in [0.717, 1.165) is 11.3 Å². The lowest BCUT2D eigenvalue weighted by Gasteiger charge is -2.23. The number of anilines is 1. The average Bonchev–Trinajstić information content (AvgIpc) is 2.59. The Balaban J connectivity index is 2.03. The molecule has 6 nitrogen and oxygen atoms in total. The predicted molar refractivity (Wildman–Crippen MR) is 102 cm³/mol. The second-order valence-electron chi connectivity index (χ2n) is 6.87. The van der Waals surface area contributed by atoms with Gasteiger partial charge in [-0.2, -0.15) is 0 Å². The first-order valence-electron chi connectivity index (χ1n) is 8.48. The summed E-state index contributed by atoms with van der Waals surface area (Å²) in [5, 5.41) is 2.64.